The van der Waals surface area contributed by atoms with E-state index in [1.54, 1.807) is 13.4 Å². The number of ether oxygens (including phenoxy) is 2. The molecule has 2 aliphatic rings. The molecular weight excluding hydrogens is 332 g/mol. The van der Waals surface area contributed by atoms with Crippen LogP contribution in [0.5, 0.6) is 11.5 Å². The monoisotopic (exact) mass is 358 g/mol. The van der Waals surface area contributed by atoms with Crippen molar-refractivity contribution in [1.29, 1.82) is 0 Å². The van der Waals surface area contributed by atoms with Crippen molar-refractivity contribution < 1.29 is 14.6 Å². The van der Waals surface area contributed by atoms with E-state index in [0.29, 0.717) is 12.6 Å². The van der Waals surface area contributed by atoms with Crippen molar-refractivity contribution >= 4 is 0 Å². The number of nitrogens with zero attached hydrogens (tertiary/aromatic N) is 4. The lowest BCUT2D eigenvalue weighted by Gasteiger charge is -2.38. The Balaban J connectivity index is 1.60. The van der Waals surface area contributed by atoms with E-state index < -0.39 is 0 Å². The highest BCUT2D eigenvalue weighted by molar-refractivity contribution is 5.46. The molecule has 2 atom stereocenters. The van der Waals surface area contributed by atoms with Gasteiger partial charge in [-0.05, 0) is 25.5 Å². The Morgan fingerprint density at radius 1 is 1.42 bits per heavy atom. The Morgan fingerprint density at radius 2 is 2.27 bits per heavy atom. The number of aliphatic hydroxyl groups excluding tert-OH is 1. The van der Waals surface area contributed by atoms with Gasteiger partial charge in [0.15, 0.2) is 0 Å². The minimum atomic E-state index is -0.274. The molecule has 140 valence electrons. The summed E-state index contributed by atoms with van der Waals surface area (Å²) < 4.78 is 13.4. The summed E-state index contributed by atoms with van der Waals surface area (Å²) in [6, 6.07) is 6.30. The fraction of sp³-hybridized carbons (Fsp3) is 0.579. The van der Waals surface area contributed by atoms with Gasteiger partial charge in [-0.3, -0.25) is 4.90 Å². The molecule has 0 bridgehead atoms. The van der Waals surface area contributed by atoms with Crippen molar-refractivity contribution in [2.24, 2.45) is 5.41 Å². The van der Waals surface area contributed by atoms with Crippen molar-refractivity contribution in [3.8, 4) is 11.5 Å². The molecule has 1 fully saturated rings. The summed E-state index contributed by atoms with van der Waals surface area (Å²) in [4.78, 5) is 2.35. The average Bonchev–Trinajstić information content (AvgIpc) is 3.26. The van der Waals surface area contributed by atoms with E-state index in [1.807, 2.05) is 12.1 Å². The van der Waals surface area contributed by atoms with Gasteiger partial charge in [0.25, 0.3) is 0 Å². The van der Waals surface area contributed by atoms with Crippen molar-refractivity contribution in [3.05, 3.63) is 35.9 Å². The first-order valence-electron chi connectivity index (χ1n) is 9.08. The molecule has 7 nitrogen and oxygen atoms in total. The lowest BCUT2D eigenvalue weighted by Crippen LogP contribution is -2.42. The van der Waals surface area contributed by atoms with Gasteiger partial charge in [-0.1, -0.05) is 6.07 Å². The zero-order chi connectivity index (χ0) is 18.3. The van der Waals surface area contributed by atoms with Crippen molar-refractivity contribution in [2.75, 3.05) is 33.4 Å². The highest BCUT2D eigenvalue weighted by Crippen LogP contribution is 2.50. The van der Waals surface area contributed by atoms with Crippen LogP contribution >= 0.6 is 0 Å². The van der Waals surface area contributed by atoms with Crippen molar-refractivity contribution in [3.63, 3.8) is 0 Å². The van der Waals surface area contributed by atoms with E-state index in [0.717, 1.165) is 42.5 Å². The Labute approximate surface area is 153 Å². The average molecular weight is 358 g/mol. The summed E-state index contributed by atoms with van der Waals surface area (Å²) in [6.07, 6.45) is 1.79. The second-order valence-electron chi connectivity index (χ2n) is 7.68. The maximum absolute atomic E-state index is 10.2. The van der Waals surface area contributed by atoms with E-state index in [1.165, 1.54) is 0 Å². The topological polar surface area (TPSA) is 72.6 Å². The number of aliphatic hydroxyl groups is 1. The summed E-state index contributed by atoms with van der Waals surface area (Å²) in [7, 11) is 1.66. The number of benzene rings is 1. The molecule has 26 heavy (non-hydrogen) atoms. The van der Waals surface area contributed by atoms with Crippen LogP contribution in [0.2, 0.25) is 0 Å². The number of hydrogen-bond acceptors (Lipinski definition) is 6. The Kier molecular flexibility index (Phi) is 4.36. The summed E-state index contributed by atoms with van der Waals surface area (Å²) in [6.45, 7) is 7.26. The lowest BCUT2D eigenvalue weighted by atomic mass is 9.74. The van der Waals surface area contributed by atoms with Crippen LogP contribution in [-0.4, -0.2) is 58.2 Å². The van der Waals surface area contributed by atoms with Gasteiger partial charge in [-0.15, -0.1) is 10.2 Å². The number of hydrogen-bond donors (Lipinski definition) is 1. The molecule has 0 radical (unpaired) electrons. The van der Waals surface area contributed by atoms with Gasteiger partial charge < -0.3 is 19.1 Å². The minimum Gasteiger partial charge on any atom is -0.497 e. The van der Waals surface area contributed by atoms with Gasteiger partial charge in [0.1, 0.15) is 23.7 Å². The molecule has 7 heteroatoms. The van der Waals surface area contributed by atoms with E-state index in [2.05, 4.69) is 39.6 Å². The molecule has 0 saturated carbocycles. The van der Waals surface area contributed by atoms with E-state index >= 15 is 0 Å². The summed E-state index contributed by atoms with van der Waals surface area (Å²) in [5.41, 5.74) is 0.878. The van der Waals surface area contributed by atoms with E-state index in [-0.39, 0.29) is 17.9 Å². The molecule has 3 heterocycles. The third-order valence-corrected chi connectivity index (χ3v) is 5.71. The molecule has 1 aromatic heterocycles. The summed E-state index contributed by atoms with van der Waals surface area (Å²) in [5, 5.41) is 18.6. The summed E-state index contributed by atoms with van der Waals surface area (Å²) in [5.74, 6) is 2.85. The fourth-order valence-corrected chi connectivity index (χ4v) is 4.26. The predicted octanol–water partition coefficient (Wildman–Crippen LogP) is 1.84. The smallest absolute Gasteiger partial charge is 0.147 e. The van der Waals surface area contributed by atoms with Crippen LogP contribution in [0.15, 0.2) is 24.5 Å². The van der Waals surface area contributed by atoms with Gasteiger partial charge in [0.05, 0.1) is 26.9 Å². The third kappa shape index (κ3) is 2.75. The molecule has 0 spiro atoms. The standard InChI is InChI=1S/C19H26N4O3/c1-13(2)23-12-20-21-18(23)8-22-7-16-15-5-4-14(25-3)6-17(15)26-11-19(16,9-22)10-24/h4-6,12-13,16,24H,7-11H2,1-3H3/t16-,19-/m1/s1. The fourth-order valence-electron chi connectivity index (χ4n) is 4.26. The molecule has 1 saturated heterocycles. The number of likely N-dealkylation sites (tertiary alicyclic amines) is 1. The highest BCUT2D eigenvalue weighted by atomic mass is 16.5. The van der Waals surface area contributed by atoms with Gasteiger partial charge in [-0.25, -0.2) is 0 Å². The van der Waals surface area contributed by atoms with E-state index in [9.17, 15) is 5.11 Å². The first kappa shape index (κ1) is 17.3. The number of rotatable bonds is 5. The zero-order valence-corrected chi connectivity index (χ0v) is 15.6. The van der Waals surface area contributed by atoms with Crippen LogP contribution in [-0.2, 0) is 6.54 Å². The second kappa shape index (κ2) is 6.55. The molecule has 0 amide bonds. The van der Waals surface area contributed by atoms with Gasteiger partial charge in [0.2, 0.25) is 0 Å². The Bertz CT molecular complexity index is 791. The molecular formula is C19H26N4O3. The first-order valence-corrected chi connectivity index (χ1v) is 9.08. The number of fused-ring (bicyclic) bond motifs is 3. The van der Waals surface area contributed by atoms with Gasteiger partial charge in [-0.2, -0.15) is 0 Å². The maximum Gasteiger partial charge on any atom is 0.147 e. The molecule has 0 unspecified atom stereocenters. The Morgan fingerprint density at radius 3 is 3.00 bits per heavy atom. The van der Waals surface area contributed by atoms with Crippen LogP contribution in [0.1, 0.15) is 37.2 Å². The van der Waals surface area contributed by atoms with E-state index in [4.69, 9.17) is 9.47 Å². The quantitative estimate of drug-likeness (QED) is 0.879. The van der Waals surface area contributed by atoms with Crippen molar-refractivity contribution in [2.45, 2.75) is 32.4 Å². The molecule has 1 N–H and O–H groups in total. The molecule has 1 aromatic carbocycles. The summed E-state index contributed by atoms with van der Waals surface area (Å²) >= 11 is 0. The maximum atomic E-state index is 10.2. The van der Waals surface area contributed by atoms with Crippen molar-refractivity contribution in [1.82, 2.24) is 19.7 Å². The lowest BCUT2D eigenvalue weighted by molar-refractivity contribution is 0.0453. The number of aromatic nitrogens is 3. The van der Waals surface area contributed by atoms with Crippen LogP contribution in [0.3, 0.4) is 0 Å². The SMILES string of the molecule is COc1ccc2c(c1)OC[C@]1(CO)CN(Cc3nncn3C(C)C)C[C@H]21. The number of methoxy groups -OCH3 is 1. The first-order chi connectivity index (χ1) is 12.6. The largest absolute Gasteiger partial charge is 0.497 e. The second-order valence-corrected chi connectivity index (χ2v) is 7.68. The van der Waals surface area contributed by atoms with Crippen LogP contribution in [0.25, 0.3) is 0 Å². The molecule has 0 aliphatic carbocycles. The normalized spacial score (nSPS) is 25.0. The predicted molar refractivity (Wildman–Crippen MR) is 96.4 cm³/mol. The molecule has 2 aliphatic heterocycles. The van der Waals surface area contributed by atoms with Gasteiger partial charge >= 0.3 is 0 Å². The minimum absolute atomic E-state index is 0.108. The third-order valence-electron chi connectivity index (χ3n) is 5.71. The zero-order valence-electron chi connectivity index (χ0n) is 15.6. The molecule has 4 rings (SSSR count). The van der Waals surface area contributed by atoms with Crippen LogP contribution < -0.4 is 9.47 Å². The Hall–Kier alpha value is -2.12. The highest BCUT2D eigenvalue weighted by Gasteiger charge is 2.51. The molecule has 2 aromatic rings. The van der Waals surface area contributed by atoms with Crippen LogP contribution in [0, 0.1) is 5.41 Å². The van der Waals surface area contributed by atoms with Crippen LogP contribution in [0.4, 0.5) is 0 Å². The van der Waals surface area contributed by atoms with Gasteiger partial charge in [0, 0.05) is 36.5 Å².